The van der Waals surface area contributed by atoms with Crippen molar-refractivity contribution in [3.05, 3.63) is 95.6 Å². The zero-order valence-corrected chi connectivity index (χ0v) is 17.3. The molecule has 0 saturated heterocycles. The molecule has 2 aliphatic carbocycles. The van der Waals surface area contributed by atoms with Gasteiger partial charge in [0.25, 0.3) is 0 Å². The predicted octanol–water partition coefficient (Wildman–Crippen LogP) is 4.32. The molecule has 0 amide bonds. The molecule has 0 unspecified atom stereocenters. The molecule has 3 N–H and O–H groups in total. The SMILES string of the molecule is O[C@@H](CNCC1CC1)[C@H](Cc1ccccc1)NC1c2ccccc2-c2ccccc21. The van der Waals surface area contributed by atoms with E-state index in [1.165, 1.54) is 40.7 Å². The van der Waals surface area contributed by atoms with Crippen LogP contribution in [0, 0.1) is 5.92 Å². The number of rotatable bonds is 9. The van der Waals surface area contributed by atoms with E-state index >= 15 is 0 Å². The number of aliphatic hydroxyl groups excluding tert-OH is 1. The molecule has 3 aromatic rings. The molecule has 2 atom stereocenters. The van der Waals surface area contributed by atoms with Gasteiger partial charge in [-0.1, -0.05) is 78.9 Å². The minimum absolute atomic E-state index is 0.0386. The Morgan fingerprint density at radius 2 is 1.40 bits per heavy atom. The van der Waals surface area contributed by atoms with E-state index in [1.807, 2.05) is 6.07 Å². The molecular weight excluding hydrogens is 368 g/mol. The Morgan fingerprint density at radius 3 is 2.03 bits per heavy atom. The van der Waals surface area contributed by atoms with Crippen LogP contribution in [0.3, 0.4) is 0 Å². The van der Waals surface area contributed by atoms with Gasteiger partial charge in [-0.15, -0.1) is 0 Å². The minimum atomic E-state index is -0.455. The lowest BCUT2D eigenvalue weighted by atomic mass is 9.97. The van der Waals surface area contributed by atoms with Gasteiger partial charge in [-0.2, -0.15) is 0 Å². The van der Waals surface area contributed by atoms with E-state index in [2.05, 4.69) is 83.4 Å². The van der Waals surface area contributed by atoms with Gasteiger partial charge in [0.15, 0.2) is 0 Å². The van der Waals surface area contributed by atoms with E-state index in [0.717, 1.165) is 18.9 Å². The van der Waals surface area contributed by atoms with Crippen LogP contribution < -0.4 is 10.6 Å². The van der Waals surface area contributed by atoms with Gasteiger partial charge in [0.1, 0.15) is 0 Å². The van der Waals surface area contributed by atoms with Gasteiger partial charge in [0, 0.05) is 12.6 Å². The van der Waals surface area contributed by atoms with Gasteiger partial charge in [0.2, 0.25) is 0 Å². The maximum atomic E-state index is 11.1. The lowest BCUT2D eigenvalue weighted by molar-refractivity contribution is 0.121. The summed E-state index contributed by atoms with van der Waals surface area (Å²) < 4.78 is 0. The average Bonchev–Trinajstić information content (AvgIpc) is 3.56. The second-order valence-electron chi connectivity index (χ2n) is 8.74. The number of nitrogens with one attached hydrogen (secondary N) is 2. The zero-order chi connectivity index (χ0) is 20.3. The van der Waals surface area contributed by atoms with Crippen LogP contribution in [-0.2, 0) is 6.42 Å². The second kappa shape index (κ2) is 8.73. The largest absolute Gasteiger partial charge is 0.390 e. The van der Waals surface area contributed by atoms with Crippen LogP contribution in [-0.4, -0.2) is 30.3 Å². The molecule has 2 aliphatic rings. The highest BCUT2D eigenvalue weighted by Crippen LogP contribution is 2.43. The first-order chi connectivity index (χ1) is 14.8. The Kier molecular flexibility index (Phi) is 5.67. The van der Waals surface area contributed by atoms with E-state index in [0.29, 0.717) is 6.54 Å². The van der Waals surface area contributed by atoms with Crippen molar-refractivity contribution in [2.24, 2.45) is 5.92 Å². The molecule has 154 valence electrons. The molecule has 3 heteroatoms. The quantitative estimate of drug-likeness (QED) is 0.503. The Morgan fingerprint density at radius 1 is 0.800 bits per heavy atom. The van der Waals surface area contributed by atoms with Gasteiger partial charge in [-0.05, 0) is 59.5 Å². The highest BCUT2D eigenvalue weighted by Gasteiger charge is 2.32. The number of fused-ring (bicyclic) bond motifs is 3. The Hall–Kier alpha value is -2.46. The average molecular weight is 399 g/mol. The maximum Gasteiger partial charge on any atom is 0.0820 e. The Labute approximate surface area is 179 Å². The predicted molar refractivity (Wildman–Crippen MR) is 122 cm³/mol. The van der Waals surface area contributed by atoms with Crippen molar-refractivity contribution in [3.8, 4) is 11.1 Å². The van der Waals surface area contributed by atoms with Crippen molar-refractivity contribution < 1.29 is 5.11 Å². The van der Waals surface area contributed by atoms with Crippen LogP contribution in [0.2, 0.25) is 0 Å². The van der Waals surface area contributed by atoms with Gasteiger partial charge < -0.3 is 15.7 Å². The smallest absolute Gasteiger partial charge is 0.0820 e. The summed E-state index contributed by atoms with van der Waals surface area (Å²) in [5.74, 6) is 0.811. The molecule has 1 saturated carbocycles. The second-order valence-corrected chi connectivity index (χ2v) is 8.74. The molecule has 1 fully saturated rings. The summed E-state index contributed by atoms with van der Waals surface area (Å²) in [5, 5.41) is 18.5. The summed E-state index contributed by atoms with van der Waals surface area (Å²) in [6.45, 7) is 1.64. The third-order valence-corrected chi connectivity index (χ3v) is 6.46. The molecule has 0 radical (unpaired) electrons. The van der Waals surface area contributed by atoms with E-state index < -0.39 is 6.10 Å². The summed E-state index contributed by atoms with van der Waals surface area (Å²) in [7, 11) is 0. The third kappa shape index (κ3) is 4.20. The normalized spacial score (nSPS) is 17.4. The van der Waals surface area contributed by atoms with E-state index in [-0.39, 0.29) is 12.1 Å². The van der Waals surface area contributed by atoms with Crippen LogP contribution in [0.25, 0.3) is 11.1 Å². The summed E-state index contributed by atoms with van der Waals surface area (Å²) in [6, 6.07) is 27.8. The van der Waals surface area contributed by atoms with Gasteiger partial charge in [-0.25, -0.2) is 0 Å². The van der Waals surface area contributed by atoms with Crippen LogP contribution in [0.15, 0.2) is 78.9 Å². The monoisotopic (exact) mass is 398 g/mol. The van der Waals surface area contributed by atoms with E-state index in [9.17, 15) is 5.11 Å². The summed E-state index contributed by atoms with van der Waals surface area (Å²) in [5.41, 5.74) is 6.44. The Bertz CT molecular complexity index is 937. The molecule has 3 nitrogen and oxygen atoms in total. The first-order valence-corrected chi connectivity index (χ1v) is 11.2. The topological polar surface area (TPSA) is 44.3 Å². The number of aliphatic hydroxyl groups is 1. The van der Waals surface area contributed by atoms with Crippen LogP contribution >= 0.6 is 0 Å². The first-order valence-electron chi connectivity index (χ1n) is 11.2. The van der Waals surface area contributed by atoms with Gasteiger partial charge >= 0.3 is 0 Å². The van der Waals surface area contributed by atoms with Crippen molar-refractivity contribution in [2.45, 2.75) is 37.5 Å². The van der Waals surface area contributed by atoms with Crippen molar-refractivity contribution in [2.75, 3.05) is 13.1 Å². The van der Waals surface area contributed by atoms with Crippen molar-refractivity contribution >= 4 is 0 Å². The molecular formula is C27H30N2O. The van der Waals surface area contributed by atoms with Gasteiger partial charge in [-0.3, -0.25) is 0 Å². The van der Waals surface area contributed by atoms with Crippen molar-refractivity contribution in [1.29, 1.82) is 0 Å². The number of hydrogen-bond donors (Lipinski definition) is 3. The van der Waals surface area contributed by atoms with Crippen molar-refractivity contribution in [3.63, 3.8) is 0 Å². The molecule has 0 aromatic heterocycles. The fourth-order valence-corrected chi connectivity index (χ4v) is 4.62. The lowest BCUT2D eigenvalue weighted by Gasteiger charge is -2.29. The fourth-order valence-electron chi connectivity index (χ4n) is 4.62. The minimum Gasteiger partial charge on any atom is -0.390 e. The highest BCUT2D eigenvalue weighted by molar-refractivity contribution is 5.78. The Balaban J connectivity index is 1.39. The number of hydrogen-bond acceptors (Lipinski definition) is 3. The molecule has 0 spiro atoms. The molecule has 0 bridgehead atoms. The zero-order valence-electron chi connectivity index (χ0n) is 17.3. The molecule has 0 heterocycles. The third-order valence-electron chi connectivity index (χ3n) is 6.46. The van der Waals surface area contributed by atoms with E-state index in [4.69, 9.17) is 0 Å². The van der Waals surface area contributed by atoms with Crippen LogP contribution in [0.4, 0.5) is 0 Å². The highest BCUT2D eigenvalue weighted by atomic mass is 16.3. The van der Waals surface area contributed by atoms with Crippen LogP contribution in [0.1, 0.15) is 35.6 Å². The number of benzene rings is 3. The summed E-state index contributed by atoms with van der Waals surface area (Å²) in [6.07, 6.45) is 2.99. The first kappa shape index (κ1) is 19.5. The standard InChI is InChI=1S/C27H30N2O/c30-26(18-28-17-20-14-15-20)25(16-19-8-2-1-3-9-19)29-27-23-12-6-4-10-21(23)22-11-5-7-13-24(22)27/h1-13,20,25-30H,14-18H2/t25-,26-/m0/s1. The maximum absolute atomic E-state index is 11.1. The fraction of sp³-hybridized carbons (Fsp3) is 0.333. The molecule has 0 aliphatic heterocycles. The molecule has 5 rings (SSSR count). The van der Waals surface area contributed by atoms with Gasteiger partial charge in [0.05, 0.1) is 12.1 Å². The van der Waals surface area contributed by atoms with Crippen molar-refractivity contribution in [1.82, 2.24) is 10.6 Å². The summed E-state index contributed by atoms with van der Waals surface area (Å²) >= 11 is 0. The lowest BCUT2D eigenvalue weighted by Crippen LogP contribution is -2.48. The molecule has 30 heavy (non-hydrogen) atoms. The van der Waals surface area contributed by atoms with Crippen LogP contribution in [0.5, 0.6) is 0 Å². The molecule has 3 aromatic carbocycles. The summed E-state index contributed by atoms with van der Waals surface area (Å²) in [4.78, 5) is 0. The van der Waals surface area contributed by atoms with E-state index in [1.54, 1.807) is 0 Å².